The predicted octanol–water partition coefficient (Wildman–Crippen LogP) is 4.87. The average molecular weight is 426 g/mol. The van der Waals surface area contributed by atoms with Crippen molar-refractivity contribution in [2.24, 2.45) is 0 Å². The third-order valence-electron chi connectivity index (χ3n) is 6.02. The maximum Gasteiger partial charge on any atom is 0.280 e. The van der Waals surface area contributed by atoms with Gasteiger partial charge in [-0.25, -0.2) is 4.39 Å². The van der Waals surface area contributed by atoms with Crippen molar-refractivity contribution < 1.29 is 4.39 Å². The predicted molar refractivity (Wildman–Crippen MR) is 126 cm³/mol. The van der Waals surface area contributed by atoms with Gasteiger partial charge in [-0.2, -0.15) is 4.98 Å². The summed E-state index contributed by atoms with van der Waals surface area (Å²) in [7, 11) is 0. The number of rotatable bonds is 5. The first-order valence-electron chi connectivity index (χ1n) is 10.8. The van der Waals surface area contributed by atoms with E-state index in [4.69, 9.17) is 0 Å². The highest BCUT2D eigenvalue weighted by molar-refractivity contribution is 5.77. The van der Waals surface area contributed by atoms with Crippen molar-refractivity contribution in [3.8, 4) is 0 Å². The molecule has 5 rings (SSSR count). The van der Waals surface area contributed by atoms with Crippen molar-refractivity contribution in [1.82, 2.24) is 14.5 Å². The fraction of sp³-hybridized carbons (Fsp3) is 0.185. The van der Waals surface area contributed by atoms with Gasteiger partial charge in [0.1, 0.15) is 5.82 Å². The summed E-state index contributed by atoms with van der Waals surface area (Å²) in [4.78, 5) is 18.5. The lowest BCUT2D eigenvalue weighted by atomic mass is 9.99. The average Bonchev–Trinajstić information content (AvgIpc) is 2.82. The molecule has 0 atom stereocenters. The van der Waals surface area contributed by atoms with Crippen LogP contribution in [0.4, 0.5) is 4.39 Å². The molecule has 2 heterocycles. The van der Waals surface area contributed by atoms with E-state index in [2.05, 4.69) is 40.2 Å². The van der Waals surface area contributed by atoms with Crippen LogP contribution in [0.1, 0.15) is 23.1 Å². The summed E-state index contributed by atoms with van der Waals surface area (Å²) in [5, 5.41) is 0.642. The lowest BCUT2D eigenvalue weighted by Crippen LogP contribution is -2.28. The van der Waals surface area contributed by atoms with Gasteiger partial charge in [0.25, 0.3) is 5.56 Å². The SMILES string of the molecule is O=c1ncn(Cc2cccc(CN3CC=C(c4ccc(F)cc4)CC3)c2)c2ccccc12. The molecule has 0 bridgehead atoms. The second kappa shape index (κ2) is 8.89. The van der Waals surface area contributed by atoms with E-state index in [0.717, 1.165) is 37.1 Å². The van der Waals surface area contributed by atoms with E-state index < -0.39 is 0 Å². The minimum absolute atomic E-state index is 0.191. The molecule has 1 aromatic heterocycles. The van der Waals surface area contributed by atoms with Crippen molar-refractivity contribution in [3.63, 3.8) is 0 Å². The van der Waals surface area contributed by atoms with E-state index in [0.29, 0.717) is 11.9 Å². The Labute approximate surface area is 186 Å². The van der Waals surface area contributed by atoms with Crippen LogP contribution in [0.3, 0.4) is 0 Å². The summed E-state index contributed by atoms with van der Waals surface area (Å²) in [5.41, 5.74) is 5.54. The molecule has 0 saturated carbocycles. The molecule has 0 amide bonds. The summed E-state index contributed by atoms with van der Waals surface area (Å²) in [6.07, 6.45) is 4.84. The number of nitrogens with zero attached hydrogens (tertiary/aromatic N) is 3. The highest BCUT2D eigenvalue weighted by Gasteiger charge is 2.14. The zero-order valence-electron chi connectivity index (χ0n) is 17.7. The monoisotopic (exact) mass is 425 g/mol. The number of hydrogen-bond acceptors (Lipinski definition) is 3. The molecular formula is C27H24FN3O. The van der Waals surface area contributed by atoms with E-state index in [-0.39, 0.29) is 11.4 Å². The van der Waals surface area contributed by atoms with Gasteiger partial charge in [-0.15, -0.1) is 0 Å². The van der Waals surface area contributed by atoms with E-state index >= 15 is 0 Å². The van der Waals surface area contributed by atoms with Crippen LogP contribution in [-0.4, -0.2) is 27.5 Å². The van der Waals surface area contributed by atoms with Gasteiger partial charge in [0.05, 0.1) is 17.2 Å². The Morgan fingerprint density at radius 1 is 0.906 bits per heavy atom. The van der Waals surface area contributed by atoms with Crippen LogP contribution < -0.4 is 5.56 Å². The third-order valence-corrected chi connectivity index (χ3v) is 6.02. The Kier molecular flexibility index (Phi) is 5.65. The molecule has 32 heavy (non-hydrogen) atoms. The molecule has 0 aliphatic carbocycles. The van der Waals surface area contributed by atoms with Gasteiger partial charge in [0.15, 0.2) is 0 Å². The Bertz CT molecular complexity index is 1340. The van der Waals surface area contributed by atoms with Gasteiger partial charge in [0, 0.05) is 26.2 Å². The van der Waals surface area contributed by atoms with Crippen LogP contribution in [0.15, 0.2) is 90.0 Å². The molecule has 0 spiro atoms. The minimum Gasteiger partial charge on any atom is -0.327 e. The first kappa shape index (κ1) is 20.3. The second-order valence-electron chi connectivity index (χ2n) is 8.24. The van der Waals surface area contributed by atoms with Crippen molar-refractivity contribution in [3.05, 3.63) is 118 Å². The van der Waals surface area contributed by atoms with E-state index in [9.17, 15) is 9.18 Å². The standard InChI is InChI=1S/C27H24FN3O/c28-24-10-8-22(9-11-24)23-12-14-30(15-13-23)17-20-4-3-5-21(16-20)18-31-19-29-27(32)25-6-1-2-7-26(25)31/h1-12,16,19H,13-15,17-18H2. The topological polar surface area (TPSA) is 38.1 Å². The van der Waals surface area contributed by atoms with E-state index in [1.54, 1.807) is 6.33 Å². The van der Waals surface area contributed by atoms with Gasteiger partial charge in [0.2, 0.25) is 0 Å². The number of para-hydroxylation sites is 1. The number of benzene rings is 3. The zero-order valence-corrected chi connectivity index (χ0v) is 17.7. The Morgan fingerprint density at radius 3 is 2.47 bits per heavy atom. The quantitative estimate of drug-likeness (QED) is 0.458. The molecule has 0 unspecified atom stereocenters. The molecule has 1 aliphatic rings. The highest BCUT2D eigenvalue weighted by Crippen LogP contribution is 2.23. The van der Waals surface area contributed by atoms with Crippen LogP contribution in [0.25, 0.3) is 16.5 Å². The molecule has 160 valence electrons. The van der Waals surface area contributed by atoms with Crippen molar-refractivity contribution >= 4 is 16.5 Å². The van der Waals surface area contributed by atoms with Gasteiger partial charge >= 0.3 is 0 Å². The molecule has 4 aromatic rings. The summed E-state index contributed by atoms with van der Waals surface area (Å²) in [6.45, 7) is 3.40. The van der Waals surface area contributed by atoms with Crippen LogP contribution in [0, 0.1) is 5.82 Å². The molecule has 1 aliphatic heterocycles. The largest absolute Gasteiger partial charge is 0.327 e. The molecule has 0 fully saturated rings. The third kappa shape index (κ3) is 4.39. The van der Waals surface area contributed by atoms with Gasteiger partial charge in [-0.05, 0) is 52.9 Å². The first-order chi connectivity index (χ1) is 15.7. The summed E-state index contributed by atoms with van der Waals surface area (Å²) in [6, 6.07) is 22.9. The normalized spacial score (nSPS) is 14.5. The molecule has 3 aromatic carbocycles. The Morgan fingerprint density at radius 2 is 1.69 bits per heavy atom. The fourth-order valence-electron chi connectivity index (χ4n) is 4.35. The van der Waals surface area contributed by atoms with Gasteiger partial charge in [-0.3, -0.25) is 9.69 Å². The van der Waals surface area contributed by atoms with Gasteiger partial charge in [-0.1, -0.05) is 54.6 Å². The molecule has 0 radical (unpaired) electrons. The summed E-state index contributed by atoms with van der Waals surface area (Å²) < 4.78 is 15.2. The van der Waals surface area contributed by atoms with Crippen LogP contribution in [0.2, 0.25) is 0 Å². The molecule has 5 heteroatoms. The van der Waals surface area contributed by atoms with E-state index in [1.165, 1.54) is 28.8 Å². The smallest absolute Gasteiger partial charge is 0.280 e. The lowest BCUT2D eigenvalue weighted by Gasteiger charge is -2.26. The maximum absolute atomic E-state index is 13.2. The molecule has 4 nitrogen and oxygen atoms in total. The highest BCUT2D eigenvalue weighted by atomic mass is 19.1. The van der Waals surface area contributed by atoms with E-state index in [1.807, 2.05) is 41.0 Å². The van der Waals surface area contributed by atoms with Crippen molar-refractivity contribution in [1.29, 1.82) is 0 Å². The fourth-order valence-corrected chi connectivity index (χ4v) is 4.35. The Balaban J connectivity index is 1.29. The van der Waals surface area contributed by atoms with Crippen molar-refractivity contribution in [2.45, 2.75) is 19.5 Å². The minimum atomic E-state index is -0.197. The lowest BCUT2D eigenvalue weighted by molar-refractivity contribution is 0.294. The second-order valence-corrected chi connectivity index (χ2v) is 8.24. The molecular weight excluding hydrogens is 401 g/mol. The number of fused-ring (bicyclic) bond motifs is 1. The van der Waals surface area contributed by atoms with Crippen LogP contribution in [0.5, 0.6) is 0 Å². The zero-order chi connectivity index (χ0) is 21.9. The number of aromatic nitrogens is 2. The molecule has 0 N–H and O–H groups in total. The summed E-state index contributed by atoms with van der Waals surface area (Å²) >= 11 is 0. The molecule has 0 saturated heterocycles. The first-order valence-corrected chi connectivity index (χ1v) is 10.8. The summed E-state index contributed by atoms with van der Waals surface area (Å²) in [5.74, 6) is -0.197. The van der Waals surface area contributed by atoms with Gasteiger partial charge < -0.3 is 4.57 Å². The maximum atomic E-state index is 13.2. The van der Waals surface area contributed by atoms with Crippen LogP contribution in [-0.2, 0) is 13.1 Å². The Hall–Kier alpha value is -3.57. The number of halogens is 1. The van der Waals surface area contributed by atoms with Crippen molar-refractivity contribution in [2.75, 3.05) is 13.1 Å². The number of hydrogen-bond donors (Lipinski definition) is 0. The van der Waals surface area contributed by atoms with Crippen LogP contribution >= 0.6 is 0 Å².